The van der Waals surface area contributed by atoms with Crippen LogP contribution < -0.4 is 5.32 Å². The van der Waals surface area contributed by atoms with Crippen LogP contribution in [0.1, 0.15) is 12.6 Å². The van der Waals surface area contributed by atoms with Crippen LogP contribution in [-0.4, -0.2) is 47.9 Å². The fourth-order valence-corrected chi connectivity index (χ4v) is 2.60. The Balaban J connectivity index is 2.23. The molecule has 1 heterocycles. The van der Waals surface area contributed by atoms with Gasteiger partial charge in [-0.3, -0.25) is 4.68 Å². The topological polar surface area (TPSA) is 33.1 Å². The van der Waals surface area contributed by atoms with Crippen molar-refractivity contribution in [2.75, 3.05) is 27.2 Å². The van der Waals surface area contributed by atoms with Gasteiger partial charge in [0.1, 0.15) is 0 Å². The zero-order valence-electron chi connectivity index (χ0n) is 12.3. The largest absolute Gasteiger partial charge is 0.313 e. The van der Waals surface area contributed by atoms with Crippen molar-refractivity contribution < 1.29 is 0 Å². The van der Waals surface area contributed by atoms with Crippen LogP contribution >= 0.6 is 0 Å². The van der Waals surface area contributed by atoms with Crippen molar-refractivity contribution in [3.05, 3.63) is 30.0 Å². The summed E-state index contributed by atoms with van der Waals surface area (Å²) in [6.07, 6.45) is 0.966. The molecular weight excluding hydrogens is 236 g/mol. The highest BCUT2D eigenvalue weighted by Gasteiger charge is 2.14. The van der Waals surface area contributed by atoms with E-state index in [9.17, 15) is 0 Å². The summed E-state index contributed by atoms with van der Waals surface area (Å²) in [7, 11) is 6.24. The van der Waals surface area contributed by atoms with E-state index in [-0.39, 0.29) is 0 Å². The molecule has 0 saturated carbocycles. The van der Waals surface area contributed by atoms with Crippen LogP contribution in [0.2, 0.25) is 0 Å². The Morgan fingerprint density at radius 2 is 2.05 bits per heavy atom. The predicted molar refractivity (Wildman–Crippen MR) is 80.4 cm³/mol. The maximum absolute atomic E-state index is 4.68. The van der Waals surface area contributed by atoms with Gasteiger partial charge in [0.25, 0.3) is 0 Å². The monoisotopic (exact) mass is 260 g/mol. The first kappa shape index (κ1) is 14.0. The lowest BCUT2D eigenvalue weighted by atomic mass is 10.1. The number of nitrogens with one attached hydrogen (secondary N) is 1. The Hall–Kier alpha value is -1.39. The summed E-state index contributed by atoms with van der Waals surface area (Å²) < 4.78 is 1.98. The Bertz CT molecular complexity index is 530. The summed E-state index contributed by atoms with van der Waals surface area (Å²) in [5, 5.41) is 9.49. The molecule has 2 aromatic rings. The van der Waals surface area contributed by atoms with Crippen molar-refractivity contribution in [1.29, 1.82) is 0 Å². The average Bonchev–Trinajstić information content (AvgIpc) is 2.67. The number of fused-ring (bicyclic) bond motifs is 1. The third-order valence-electron chi connectivity index (χ3n) is 3.35. The smallest absolute Gasteiger partial charge is 0.0719 e. The van der Waals surface area contributed by atoms with Crippen LogP contribution in [0.4, 0.5) is 0 Å². The van der Waals surface area contributed by atoms with Gasteiger partial charge >= 0.3 is 0 Å². The minimum Gasteiger partial charge on any atom is -0.313 e. The van der Waals surface area contributed by atoms with Crippen molar-refractivity contribution in [3.63, 3.8) is 0 Å². The molecule has 4 heteroatoms. The first-order valence-electron chi connectivity index (χ1n) is 6.90. The van der Waals surface area contributed by atoms with E-state index in [1.165, 1.54) is 16.6 Å². The first-order chi connectivity index (χ1) is 9.11. The molecule has 0 saturated heterocycles. The van der Waals surface area contributed by atoms with Crippen LogP contribution in [0, 0.1) is 0 Å². The molecule has 0 aliphatic carbocycles. The number of rotatable bonds is 6. The fourth-order valence-electron chi connectivity index (χ4n) is 2.60. The maximum atomic E-state index is 4.68. The normalized spacial score (nSPS) is 13.3. The molecule has 1 atom stereocenters. The molecule has 4 nitrogen and oxygen atoms in total. The van der Waals surface area contributed by atoms with E-state index in [4.69, 9.17) is 0 Å². The zero-order chi connectivity index (χ0) is 13.8. The Labute approximate surface area is 115 Å². The first-order valence-corrected chi connectivity index (χ1v) is 6.90. The van der Waals surface area contributed by atoms with Crippen molar-refractivity contribution >= 4 is 10.9 Å². The SMILES string of the molecule is CCNC(Cc1nn(C)c2ccccc12)CN(C)C. The van der Waals surface area contributed by atoms with Crippen LogP contribution in [0.3, 0.4) is 0 Å². The number of hydrogen-bond acceptors (Lipinski definition) is 3. The van der Waals surface area contributed by atoms with Gasteiger partial charge in [0.15, 0.2) is 0 Å². The summed E-state index contributed by atoms with van der Waals surface area (Å²) >= 11 is 0. The van der Waals surface area contributed by atoms with Crippen molar-refractivity contribution in [2.45, 2.75) is 19.4 Å². The Morgan fingerprint density at radius 3 is 2.74 bits per heavy atom. The van der Waals surface area contributed by atoms with Gasteiger partial charge in [0, 0.05) is 31.4 Å². The number of aryl methyl sites for hydroxylation is 1. The van der Waals surface area contributed by atoms with E-state index in [1.54, 1.807) is 0 Å². The quantitative estimate of drug-likeness (QED) is 0.857. The molecule has 1 N–H and O–H groups in total. The minimum atomic E-state index is 0.443. The molecule has 0 fully saturated rings. The molecule has 104 valence electrons. The molecule has 0 spiro atoms. The van der Waals surface area contributed by atoms with E-state index >= 15 is 0 Å². The van der Waals surface area contributed by atoms with E-state index in [0.717, 1.165) is 19.5 Å². The van der Waals surface area contributed by atoms with E-state index < -0.39 is 0 Å². The second-order valence-electron chi connectivity index (χ2n) is 5.31. The molecule has 19 heavy (non-hydrogen) atoms. The van der Waals surface area contributed by atoms with Crippen molar-refractivity contribution in [1.82, 2.24) is 20.0 Å². The van der Waals surface area contributed by atoms with Gasteiger partial charge < -0.3 is 10.2 Å². The Kier molecular flexibility index (Phi) is 4.56. The van der Waals surface area contributed by atoms with Crippen LogP contribution in [0.25, 0.3) is 10.9 Å². The van der Waals surface area contributed by atoms with Gasteiger partial charge in [-0.25, -0.2) is 0 Å². The van der Waals surface area contributed by atoms with Gasteiger partial charge in [0.2, 0.25) is 0 Å². The molecule has 1 unspecified atom stereocenters. The lowest BCUT2D eigenvalue weighted by molar-refractivity contribution is 0.338. The summed E-state index contributed by atoms with van der Waals surface area (Å²) in [6.45, 7) is 4.17. The molecule has 2 rings (SSSR count). The van der Waals surface area contributed by atoms with Gasteiger partial charge in [-0.2, -0.15) is 5.10 Å². The molecule has 0 amide bonds. The summed E-state index contributed by atoms with van der Waals surface area (Å²) in [6, 6.07) is 8.88. The second kappa shape index (κ2) is 6.17. The summed E-state index contributed by atoms with van der Waals surface area (Å²) in [5.41, 5.74) is 2.39. The highest BCUT2D eigenvalue weighted by Crippen LogP contribution is 2.18. The molecule has 1 aromatic heterocycles. The standard InChI is InChI=1S/C15H24N4/c1-5-16-12(11-18(2)3)10-14-13-8-6-7-9-15(13)19(4)17-14/h6-9,12,16H,5,10-11H2,1-4H3. The number of likely N-dealkylation sites (N-methyl/N-ethyl adjacent to an activating group) is 2. The van der Waals surface area contributed by atoms with Crippen molar-refractivity contribution in [2.24, 2.45) is 7.05 Å². The van der Waals surface area contributed by atoms with Crippen molar-refractivity contribution in [3.8, 4) is 0 Å². The highest BCUT2D eigenvalue weighted by molar-refractivity contribution is 5.81. The van der Waals surface area contributed by atoms with Gasteiger partial charge in [-0.05, 0) is 26.7 Å². The number of para-hydroxylation sites is 1. The fraction of sp³-hybridized carbons (Fsp3) is 0.533. The van der Waals surface area contributed by atoms with Crippen LogP contribution in [0.15, 0.2) is 24.3 Å². The maximum Gasteiger partial charge on any atom is 0.0719 e. The number of aromatic nitrogens is 2. The Morgan fingerprint density at radius 1 is 1.32 bits per heavy atom. The average molecular weight is 260 g/mol. The van der Waals surface area contributed by atoms with Gasteiger partial charge in [-0.15, -0.1) is 0 Å². The number of benzene rings is 1. The number of hydrogen-bond donors (Lipinski definition) is 1. The van der Waals surface area contributed by atoms with E-state index in [1.807, 2.05) is 11.7 Å². The lowest BCUT2D eigenvalue weighted by Crippen LogP contribution is -2.39. The molecule has 0 bridgehead atoms. The third kappa shape index (κ3) is 3.33. The van der Waals surface area contributed by atoms with E-state index in [2.05, 4.69) is 60.6 Å². The molecular formula is C15H24N4. The van der Waals surface area contributed by atoms with E-state index in [0.29, 0.717) is 6.04 Å². The molecule has 0 radical (unpaired) electrons. The highest BCUT2D eigenvalue weighted by atomic mass is 15.3. The van der Waals surface area contributed by atoms with Gasteiger partial charge in [0.05, 0.1) is 11.2 Å². The summed E-state index contributed by atoms with van der Waals surface area (Å²) in [5.74, 6) is 0. The summed E-state index contributed by atoms with van der Waals surface area (Å²) in [4.78, 5) is 2.22. The predicted octanol–water partition coefficient (Wildman–Crippen LogP) is 1.66. The zero-order valence-corrected chi connectivity index (χ0v) is 12.3. The van der Waals surface area contributed by atoms with Crippen LogP contribution in [0.5, 0.6) is 0 Å². The van der Waals surface area contributed by atoms with Gasteiger partial charge in [-0.1, -0.05) is 25.1 Å². The second-order valence-corrected chi connectivity index (χ2v) is 5.31. The van der Waals surface area contributed by atoms with Crippen LogP contribution in [-0.2, 0) is 13.5 Å². The minimum absolute atomic E-state index is 0.443. The lowest BCUT2D eigenvalue weighted by Gasteiger charge is -2.21. The molecule has 0 aliphatic heterocycles. The third-order valence-corrected chi connectivity index (χ3v) is 3.35. The molecule has 0 aliphatic rings. The molecule has 1 aromatic carbocycles. The number of nitrogens with zero attached hydrogens (tertiary/aromatic N) is 3.